The van der Waals surface area contributed by atoms with Crippen LogP contribution in [0.2, 0.25) is 0 Å². The summed E-state index contributed by atoms with van der Waals surface area (Å²) >= 11 is 0. The predicted molar refractivity (Wildman–Crippen MR) is 163 cm³/mol. The van der Waals surface area contributed by atoms with Crippen molar-refractivity contribution < 1.29 is 0 Å². The Balaban J connectivity index is 1.44. The number of benzene rings is 3. The number of aryl methyl sites for hydroxylation is 2. The maximum absolute atomic E-state index is 4.38. The minimum absolute atomic E-state index is 0.891. The first kappa shape index (κ1) is 25.8. The predicted octanol–water partition coefficient (Wildman–Crippen LogP) is 4.66. The molecular formula is C33H39N5. The maximum atomic E-state index is 4.38. The number of aromatic nitrogens is 1. The van der Waals surface area contributed by atoms with E-state index in [1.807, 2.05) is 0 Å². The highest BCUT2D eigenvalue weighted by atomic mass is 15.3. The second-order valence-electron chi connectivity index (χ2n) is 10.6. The van der Waals surface area contributed by atoms with E-state index in [1.54, 1.807) is 0 Å². The van der Waals surface area contributed by atoms with Gasteiger partial charge in [0, 0.05) is 78.3 Å². The minimum atomic E-state index is 0.891. The summed E-state index contributed by atoms with van der Waals surface area (Å²) < 4.78 is 0. The molecule has 0 atom stereocenters. The third-order valence-electron chi connectivity index (χ3n) is 7.80. The molecule has 5 rings (SSSR count). The number of rotatable bonds is 7. The zero-order valence-corrected chi connectivity index (χ0v) is 23.1. The number of anilines is 2. The summed E-state index contributed by atoms with van der Waals surface area (Å²) in [5, 5.41) is 6.93. The zero-order chi connectivity index (χ0) is 26.8. The highest BCUT2D eigenvalue weighted by Gasteiger charge is 2.16. The van der Waals surface area contributed by atoms with Crippen molar-refractivity contribution in [3.8, 4) is 0 Å². The smallest absolute Gasteiger partial charge is 0.0559 e. The molecule has 0 radical (unpaired) electrons. The van der Waals surface area contributed by atoms with Crippen LogP contribution in [-0.2, 0) is 0 Å². The van der Waals surface area contributed by atoms with Crippen LogP contribution in [0.1, 0.15) is 16.7 Å². The quantitative estimate of drug-likeness (QED) is 0.383. The van der Waals surface area contributed by atoms with E-state index >= 15 is 0 Å². The number of piperazine rings is 1. The van der Waals surface area contributed by atoms with E-state index < -0.39 is 0 Å². The molecule has 0 unspecified atom stereocenters. The molecule has 5 nitrogen and oxygen atoms in total. The second-order valence-corrected chi connectivity index (χ2v) is 10.6. The SMILES string of the molecule is C=C(CN1CCN(C)CC1)N(C)c1ccc(N/C(c2ccccc2)=c2\c(=C)[nH]c3cc(C)c(C)cc23)cc1. The Bertz CT molecular complexity index is 1540. The van der Waals surface area contributed by atoms with Crippen molar-refractivity contribution >= 4 is 34.6 Å². The summed E-state index contributed by atoms with van der Waals surface area (Å²) in [7, 11) is 4.29. The number of hydrogen-bond donors (Lipinski definition) is 2. The lowest BCUT2D eigenvalue weighted by Gasteiger charge is -2.34. The summed E-state index contributed by atoms with van der Waals surface area (Å²) in [5.74, 6) is 0. The highest BCUT2D eigenvalue weighted by molar-refractivity contribution is 5.89. The Morgan fingerprint density at radius 2 is 1.61 bits per heavy atom. The molecule has 1 aliphatic heterocycles. The van der Waals surface area contributed by atoms with Crippen LogP contribution in [0.15, 0.2) is 79.0 Å². The summed E-state index contributed by atoms with van der Waals surface area (Å²) in [6.07, 6.45) is 0. The molecule has 1 fully saturated rings. The molecule has 1 saturated heterocycles. The van der Waals surface area contributed by atoms with E-state index in [-0.39, 0.29) is 0 Å². The van der Waals surface area contributed by atoms with Crippen LogP contribution in [0.25, 0.3) is 23.2 Å². The molecule has 1 aromatic heterocycles. The summed E-state index contributed by atoms with van der Waals surface area (Å²) in [6.45, 7) is 18.4. The number of fused-ring (bicyclic) bond motifs is 1. The van der Waals surface area contributed by atoms with Gasteiger partial charge < -0.3 is 20.1 Å². The van der Waals surface area contributed by atoms with Crippen molar-refractivity contribution in [3.05, 3.63) is 106 Å². The van der Waals surface area contributed by atoms with E-state index in [1.165, 1.54) is 16.5 Å². The number of likely N-dealkylation sites (N-methyl/N-ethyl adjacent to an activating group) is 2. The van der Waals surface area contributed by atoms with Crippen molar-refractivity contribution in [3.63, 3.8) is 0 Å². The van der Waals surface area contributed by atoms with Gasteiger partial charge in [0.15, 0.2) is 0 Å². The minimum Gasteiger partial charge on any atom is -0.355 e. The summed E-state index contributed by atoms with van der Waals surface area (Å²) in [5.41, 5.74) is 9.10. The molecule has 0 saturated carbocycles. The van der Waals surface area contributed by atoms with Gasteiger partial charge in [-0.15, -0.1) is 0 Å². The van der Waals surface area contributed by atoms with Crippen LogP contribution in [-0.4, -0.2) is 61.6 Å². The number of H-pyrrole nitrogens is 1. The van der Waals surface area contributed by atoms with Crippen LogP contribution in [0.3, 0.4) is 0 Å². The lowest BCUT2D eigenvalue weighted by Crippen LogP contribution is -2.46. The molecule has 0 spiro atoms. The van der Waals surface area contributed by atoms with Gasteiger partial charge in [-0.25, -0.2) is 0 Å². The number of nitrogens with one attached hydrogen (secondary N) is 2. The van der Waals surface area contributed by atoms with Crippen molar-refractivity contribution in [2.45, 2.75) is 13.8 Å². The van der Waals surface area contributed by atoms with Crippen molar-refractivity contribution in [2.24, 2.45) is 0 Å². The molecule has 0 amide bonds. The van der Waals surface area contributed by atoms with Gasteiger partial charge in [-0.2, -0.15) is 0 Å². The van der Waals surface area contributed by atoms with E-state index in [0.717, 1.165) is 77.1 Å². The van der Waals surface area contributed by atoms with Gasteiger partial charge in [-0.05, 0) is 74.0 Å². The maximum Gasteiger partial charge on any atom is 0.0559 e. The molecule has 0 aliphatic carbocycles. The van der Waals surface area contributed by atoms with Gasteiger partial charge in [-0.1, -0.05) is 43.5 Å². The number of aromatic amines is 1. The van der Waals surface area contributed by atoms with Crippen molar-refractivity contribution in [2.75, 3.05) is 57.0 Å². The van der Waals surface area contributed by atoms with Crippen molar-refractivity contribution in [1.29, 1.82) is 0 Å². The Hall–Kier alpha value is -3.80. The molecule has 1 aliphatic rings. The van der Waals surface area contributed by atoms with Crippen LogP contribution in [0, 0.1) is 13.8 Å². The lowest BCUT2D eigenvalue weighted by molar-refractivity contribution is 0.163. The van der Waals surface area contributed by atoms with Gasteiger partial charge in [0.1, 0.15) is 0 Å². The third-order valence-corrected chi connectivity index (χ3v) is 7.80. The molecule has 5 heteroatoms. The average molecular weight is 506 g/mol. The Labute approximate surface area is 226 Å². The summed E-state index contributed by atoms with van der Waals surface area (Å²) in [6, 6.07) is 23.6. The van der Waals surface area contributed by atoms with Gasteiger partial charge >= 0.3 is 0 Å². The standard InChI is InChI=1S/C33H39N5/c1-23-20-30-31(21-24(23)2)34-26(4)32(30)33(27-10-8-7-9-11-27)35-28-12-14-29(15-13-28)37(6)25(3)22-38-18-16-36(5)17-19-38/h7-15,20-21,34-35H,3-4,16-19,22H2,1-2,5-6H3/b33-32+. The van der Waals surface area contributed by atoms with Crippen LogP contribution >= 0.6 is 0 Å². The molecule has 0 bridgehead atoms. The van der Waals surface area contributed by atoms with Gasteiger partial charge in [0.05, 0.1) is 5.70 Å². The van der Waals surface area contributed by atoms with Gasteiger partial charge in [-0.3, -0.25) is 4.90 Å². The lowest BCUT2D eigenvalue weighted by atomic mass is 10.0. The molecule has 4 aromatic rings. The Morgan fingerprint density at radius 3 is 2.29 bits per heavy atom. The van der Waals surface area contributed by atoms with E-state index in [0.29, 0.717) is 0 Å². The zero-order valence-electron chi connectivity index (χ0n) is 23.1. The Kier molecular flexibility index (Phi) is 7.41. The van der Waals surface area contributed by atoms with Crippen LogP contribution in [0.4, 0.5) is 11.4 Å². The fourth-order valence-electron chi connectivity index (χ4n) is 5.15. The monoisotopic (exact) mass is 505 g/mol. The van der Waals surface area contributed by atoms with Crippen molar-refractivity contribution in [1.82, 2.24) is 14.8 Å². The molecule has 38 heavy (non-hydrogen) atoms. The molecule has 3 aromatic carbocycles. The average Bonchev–Trinajstić information content (AvgIpc) is 3.23. The van der Waals surface area contributed by atoms with Crippen LogP contribution < -0.4 is 20.8 Å². The van der Waals surface area contributed by atoms with Gasteiger partial charge in [0.2, 0.25) is 0 Å². The van der Waals surface area contributed by atoms with Crippen LogP contribution in [0.5, 0.6) is 0 Å². The fraction of sp³-hybridized carbons (Fsp3) is 0.273. The normalized spacial score (nSPS) is 15.5. The fourth-order valence-corrected chi connectivity index (χ4v) is 5.15. The topological polar surface area (TPSA) is 37.5 Å². The van der Waals surface area contributed by atoms with E-state index in [9.17, 15) is 0 Å². The first-order valence-electron chi connectivity index (χ1n) is 13.4. The first-order chi connectivity index (χ1) is 18.3. The molecular weight excluding hydrogens is 466 g/mol. The Morgan fingerprint density at radius 1 is 0.947 bits per heavy atom. The largest absolute Gasteiger partial charge is 0.355 e. The summed E-state index contributed by atoms with van der Waals surface area (Å²) in [4.78, 5) is 10.6. The molecule has 2 heterocycles. The molecule has 2 N–H and O–H groups in total. The third kappa shape index (κ3) is 5.40. The molecule has 196 valence electrons. The first-order valence-corrected chi connectivity index (χ1v) is 13.4. The number of nitrogens with zero attached hydrogens (tertiary/aromatic N) is 3. The second kappa shape index (κ2) is 10.9. The van der Waals surface area contributed by atoms with E-state index in [4.69, 9.17) is 0 Å². The van der Waals surface area contributed by atoms with E-state index in [2.05, 4.69) is 133 Å². The highest BCUT2D eigenvalue weighted by Crippen LogP contribution is 2.23. The van der Waals surface area contributed by atoms with Gasteiger partial charge in [0.25, 0.3) is 0 Å². The number of hydrogen-bond acceptors (Lipinski definition) is 4.